The Morgan fingerprint density at radius 3 is 2.68 bits per heavy atom. The Morgan fingerprint density at radius 2 is 1.92 bits per heavy atom. The standard InChI is InChI=1S/C21H26N2O2/c1-24-19-7-3-2-6-17(19)18-14-23(13-16-5-4-12-25-16)20-15-8-10-22(11-9-15)21(18)20/h2-7,12,15,18,20-21H,8-11,13-14H2,1H3/t18-,20+,21+/m0/s1. The zero-order chi connectivity index (χ0) is 16.8. The monoisotopic (exact) mass is 338 g/mol. The first-order chi connectivity index (χ1) is 12.3. The number of furan rings is 1. The van der Waals surface area contributed by atoms with Crippen LogP contribution in [-0.4, -0.2) is 48.6 Å². The number of fused-ring (bicyclic) bond motifs is 2. The van der Waals surface area contributed by atoms with E-state index in [1.54, 1.807) is 13.4 Å². The van der Waals surface area contributed by atoms with Crippen LogP contribution in [0.4, 0.5) is 0 Å². The molecule has 132 valence electrons. The van der Waals surface area contributed by atoms with E-state index in [0.29, 0.717) is 18.0 Å². The predicted octanol–water partition coefficient (Wildman–Crippen LogP) is 3.35. The molecule has 0 N–H and O–H groups in total. The van der Waals surface area contributed by atoms with Crippen LogP contribution in [0.5, 0.6) is 5.75 Å². The van der Waals surface area contributed by atoms with Crippen molar-refractivity contribution in [2.75, 3.05) is 26.7 Å². The highest BCUT2D eigenvalue weighted by Crippen LogP contribution is 2.48. The quantitative estimate of drug-likeness (QED) is 0.855. The first kappa shape index (κ1) is 15.5. The molecule has 0 unspecified atom stereocenters. The van der Waals surface area contributed by atoms with Crippen molar-refractivity contribution in [2.45, 2.75) is 37.4 Å². The van der Waals surface area contributed by atoms with Crippen LogP contribution in [0.15, 0.2) is 47.1 Å². The number of para-hydroxylation sites is 1. The number of piperidine rings is 3. The van der Waals surface area contributed by atoms with Crippen LogP contribution in [0.3, 0.4) is 0 Å². The molecule has 3 atom stereocenters. The summed E-state index contributed by atoms with van der Waals surface area (Å²) < 4.78 is 11.4. The molecule has 0 saturated carbocycles. The Labute approximate surface area is 149 Å². The molecule has 4 fully saturated rings. The molecule has 2 bridgehead atoms. The van der Waals surface area contributed by atoms with Crippen molar-refractivity contribution < 1.29 is 9.15 Å². The zero-order valence-electron chi connectivity index (χ0n) is 14.8. The largest absolute Gasteiger partial charge is 0.496 e. The Balaban J connectivity index is 1.51. The predicted molar refractivity (Wildman–Crippen MR) is 96.7 cm³/mol. The minimum atomic E-state index is 0.513. The lowest BCUT2D eigenvalue weighted by molar-refractivity contribution is -0.0102. The second kappa shape index (κ2) is 6.19. The van der Waals surface area contributed by atoms with Gasteiger partial charge in [-0.1, -0.05) is 18.2 Å². The van der Waals surface area contributed by atoms with Gasteiger partial charge >= 0.3 is 0 Å². The molecule has 4 nitrogen and oxygen atoms in total. The molecule has 4 saturated heterocycles. The van der Waals surface area contributed by atoms with E-state index in [9.17, 15) is 0 Å². The minimum absolute atomic E-state index is 0.513. The third-order valence-electron chi connectivity index (χ3n) is 6.57. The summed E-state index contributed by atoms with van der Waals surface area (Å²) >= 11 is 0. The number of benzene rings is 1. The fourth-order valence-corrected chi connectivity index (χ4v) is 5.57. The van der Waals surface area contributed by atoms with Gasteiger partial charge in [0.2, 0.25) is 0 Å². The average Bonchev–Trinajstić information content (AvgIpc) is 3.32. The topological polar surface area (TPSA) is 28.9 Å². The molecule has 6 rings (SSSR count). The van der Waals surface area contributed by atoms with Crippen LogP contribution >= 0.6 is 0 Å². The van der Waals surface area contributed by atoms with Gasteiger partial charge in [-0.25, -0.2) is 0 Å². The molecule has 0 radical (unpaired) electrons. The van der Waals surface area contributed by atoms with Gasteiger partial charge in [0.15, 0.2) is 0 Å². The highest BCUT2D eigenvalue weighted by molar-refractivity contribution is 5.39. The van der Waals surface area contributed by atoms with Gasteiger partial charge in [-0.05, 0) is 50.0 Å². The summed E-state index contributed by atoms with van der Waals surface area (Å²) in [5.41, 5.74) is 1.37. The van der Waals surface area contributed by atoms with Gasteiger partial charge in [0.1, 0.15) is 11.5 Å². The summed E-state index contributed by atoms with van der Waals surface area (Å²) in [4.78, 5) is 5.42. The van der Waals surface area contributed by atoms with Crippen LogP contribution in [0.25, 0.3) is 0 Å². The maximum absolute atomic E-state index is 5.70. The number of ether oxygens (including phenoxy) is 1. The van der Waals surface area contributed by atoms with E-state index in [4.69, 9.17) is 9.15 Å². The average molecular weight is 338 g/mol. The fraction of sp³-hybridized carbons (Fsp3) is 0.524. The number of rotatable bonds is 4. The van der Waals surface area contributed by atoms with Gasteiger partial charge in [-0.3, -0.25) is 9.80 Å². The van der Waals surface area contributed by atoms with E-state index in [2.05, 4.69) is 40.1 Å². The lowest BCUT2D eigenvalue weighted by Crippen LogP contribution is -2.59. The highest BCUT2D eigenvalue weighted by Gasteiger charge is 2.53. The van der Waals surface area contributed by atoms with Crippen LogP contribution < -0.4 is 4.74 Å². The molecule has 4 aliphatic heterocycles. The van der Waals surface area contributed by atoms with Crippen LogP contribution in [0.1, 0.15) is 30.1 Å². The number of nitrogens with zero attached hydrogens (tertiary/aromatic N) is 2. The Morgan fingerprint density at radius 1 is 1.08 bits per heavy atom. The summed E-state index contributed by atoms with van der Waals surface area (Å²) in [5.74, 6) is 3.45. The smallest absolute Gasteiger partial charge is 0.122 e. The van der Waals surface area contributed by atoms with Crippen molar-refractivity contribution in [3.63, 3.8) is 0 Å². The number of hydrogen-bond donors (Lipinski definition) is 0. The summed E-state index contributed by atoms with van der Waals surface area (Å²) in [6.45, 7) is 4.52. The molecule has 2 aromatic rings. The van der Waals surface area contributed by atoms with Gasteiger partial charge < -0.3 is 9.15 Å². The maximum atomic E-state index is 5.70. The molecule has 0 amide bonds. The Kier molecular flexibility index (Phi) is 3.83. The molecule has 0 spiro atoms. The zero-order valence-corrected chi connectivity index (χ0v) is 14.8. The Hall–Kier alpha value is -1.78. The lowest BCUT2D eigenvalue weighted by atomic mass is 9.75. The van der Waals surface area contributed by atoms with Crippen molar-refractivity contribution in [3.8, 4) is 5.75 Å². The second-order valence-corrected chi connectivity index (χ2v) is 7.71. The molecule has 5 heterocycles. The van der Waals surface area contributed by atoms with Gasteiger partial charge in [-0.2, -0.15) is 0 Å². The van der Waals surface area contributed by atoms with E-state index in [-0.39, 0.29) is 0 Å². The number of hydrogen-bond acceptors (Lipinski definition) is 4. The van der Waals surface area contributed by atoms with Gasteiger partial charge in [0.25, 0.3) is 0 Å². The van der Waals surface area contributed by atoms with Crippen LogP contribution in [-0.2, 0) is 6.54 Å². The van der Waals surface area contributed by atoms with Crippen molar-refractivity contribution in [1.82, 2.24) is 9.80 Å². The molecule has 4 aliphatic rings. The molecule has 4 heteroatoms. The van der Waals surface area contributed by atoms with Crippen molar-refractivity contribution in [1.29, 1.82) is 0 Å². The first-order valence-electron chi connectivity index (χ1n) is 9.48. The minimum Gasteiger partial charge on any atom is -0.496 e. The molecule has 1 aromatic heterocycles. The SMILES string of the molecule is COc1ccccc1[C@@H]1CN(Cc2ccco2)[C@@H]2C3CCN(CC3)[C@@H]21. The van der Waals surface area contributed by atoms with E-state index in [0.717, 1.165) is 30.5 Å². The summed E-state index contributed by atoms with van der Waals surface area (Å²) in [6, 6.07) is 13.9. The molecular weight excluding hydrogens is 312 g/mol. The summed E-state index contributed by atoms with van der Waals surface area (Å²) in [6.07, 6.45) is 4.47. The third-order valence-corrected chi connectivity index (χ3v) is 6.57. The second-order valence-electron chi connectivity index (χ2n) is 7.71. The van der Waals surface area contributed by atoms with E-state index < -0.39 is 0 Å². The third kappa shape index (κ3) is 2.51. The molecule has 0 aliphatic carbocycles. The Bertz CT molecular complexity index is 721. The summed E-state index contributed by atoms with van der Waals surface area (Å²) in [5, 5.41) is 0. The number of methoxy groups -OCH3 is 1. The number of likely N-dealkylation sites (tertiary alicyclic amines) is 1. The highest BCUT2D eigenvalue weighted by atomic mass is 16.5. The maximum Gasteiger partial charge on any atom is 0.122 e. The van der Waals surface area contributed by atoms with Crippen molar-refractivity contribution in [3.05, 3.63) is 54.0 Å². The molecule has 25 heavy (non-hydrogen) atoms. The van der Waals surface area contributed by atoms with Gasteiger partial charge in [0, 0.05) is 30.1 Å². The lowest BCUT2D eigenvalue weighted by Gasteiger charge is -2.51. The fourth-order valence-electron chi connectivity index (χ4n) is 5.57. The first-order valence-corrected chi connectivity index (χ1v) is 9.48. The van der Waals surface area contributed by atoms with E-state index >= 15 is 0 Å². The molecular formula is C21H26N2O2. The van der Waals surface area contributed by atoms with Crippen LogP contribution in [0, 0.1) is 5.92 Å². The van der Waals surface area contributed by atoms with E-state index in [1.807, 2.05) is 6.07 Å². The van der Waals surface area contributed by atoms with Crippen LogP contribution in [0.2, 0.25) is 0 Å². The van der Waals surface area contributed by atoms with Gasteiger partial charge in [-0.15, -0.1) is 0 Å². The molecule has 1 aromatic carbocycles. The van der Waals surface area contributed by atoms with Gasteiger partial charge in [0.05, 0.1) is 19.9 Å². The van der Waals surface area contributed by atoms with Crippen molar-refractivity contribution in [2.24, 2.45) is 5.92 Å². The van der Waals surface area contributed by atoms with E-state index in [1.165, 1.54) is 31.5 Å². The van der Waals surface area contributed by atoms with Crippen molar-refractivity contribution >= 4 is 0 Å². The summed E-state index contributed by atoms with van der Waals surface area (Å²) in [7, 11) is 1.79. The normalized spacial score (nSPS) is 34.2.